The molecule has 7 heteroatoms. The normalized spacial score (nSPS) is 17.0. The van der Waals surface area contributed by atoms with E-state index in [1.807, 2.05) is 35.7 Å². The monoisotopic (exact) mass is 468 g/mol. The maximum Gasteiger partial charge on any atom is 0.256 e. The van der Waals surface area contributed by atoms with Crippen molar-refractivity contribution in [1.82, 2.24) is 14.8 Å². The molecule has 0 atom stereocenters. The third-order valence-electron chi connectivity index (χ3n) is 6.48. The van der Waals surface area contributed by atoms with E-state index in [2.05, 4.69) is 42.3 Å². The van der Waals surface area contributed by atoms with E-state index in [4.69, 9.17) is 17.2 Å². The number of aryl methyl sites for hydroxylation is 3. The highest BCUT2D eigenvalue weighted by molar-refractivity contribution is 7.99. The van der Waals surface area contributed by atoms with Crippen molar-refractivity contribution in [3.05, 3.63) is 58.4 Å². The van der Waals surface area contributed by atoms with Crippen molar-refractivity contribution in [3.8, 4) is 0 Å². The summed E-state index contributed by atoms with van der Waals surface area (Å²) in [4.78, 5) is 22.2. The first kappa shape index (κ1) is 23.1. The van der Waals surface area contributed by atoms with Crippen LogP contribution in [-0.4, -0.2) is 57.1 Å². The van der Waals surface area contributed by atoms with Gasteiger partial charge in [-0.3, -0.25) is 9.78 Å². The second-order valence-electron chi connectivity index (χ2n) is 8.65. The molecule has 1 N–H and O–H groups in total. The van der Waals surface area contributed by atoms with Crippen LogP contribution in [-0.2, 0) is 6.42 Å². The van der Waals surface area contributed by atoms with Gasteiger partial charge in [-0.25, -0.2) is 0 Å². The summed E-state index contributed by atoms with van der Waals surface area (Å²) in [5.74, 6) is 2.21. The number of nitrogens with one attached hydrogen (secondary N) is 1. The average Bonchev–Trinajstić information content (AvgIpc) is 3.35. The van der Waals surface area contributed by atoms with E-state index in [1.165, 1.54) is 11.1 Å². The molecule has 0 unspecified atom stereocenters. The van der Waals surface area contributed by atoms with Crippen LogP contribution in [0.25, 0.3) is 0 Å². The highest BCUT2D eigenvalue weighted by Gasteiger charge is 2.29. The Balaban J connectivity index is 1.44. The van der Waals surface area contributed by atoms with E-state index in [0.717, 1.165) is 78.3 Å². The first-order valence-corrected chi connectivity index (χ1v) is 13.0. The van der Waals surface area contributed by atoms with Crippen molar-refractivity contribution in [1.29, 1.82) is 0 Å². The summed E-state index contributed by atoms with van der Waals surface area (Å²) < 4.78 is 0. The zero-order valence-electron chi connectivity index (χ0n) is 19.2. The van der Waals surface area contributed by atoms with E-state index >= 15 is 0 Å². The number of thiocarbonyl (C=S) groups is 1. The van der Waals surface area contributed by atoms with E-state index in [0.29, 0.717) is 0 Å². The maximum absolute atomic E-state index is 13.1. The molecule has 0 saturated carbocycles. The number of para-hydroxylation sites is 1. The number of rotatable bonds is 4. The summed E-state index contributed by atoms with van der Waals surface area (Å²) in [6.45, 7) is 8.86. The molecule has 5 nitrogen and oxygen atoms in total. The van der Waals surface area contributed by atoms with E-state index in [1.54, 1.807) is 0 Å². The number of amides is 1. The number of aromatic nitrogens is 1. The highest BCUT2D eigenvalue weighted by atomic mass is 32.2. The third kappa shape index (κ3) is 4.94. The van der Waals surface area contributed by atoms with Gasteiger partial charge >= 0.3 is 0 Å². The van der Waals surface area contributed by atoms with Crippen LogP contribution in [0.2, 0.25) is 0 Å². The lowest BCUT2D eigenvalue weighted by Crippen LogP contribution is -2.41. The lowest BCUT2D eigenvalue weighted by Gasteiger charge is -2.34. The van der Waals surface area contributed by atoms with Crippen LogP contribution in [0.3, 0.4) is 0 Å². The Labute approximate surface area is 201 Å². The van der Waals surface area contributed by atoms with E-state index in [-0.39, 0.29) is 11.8 Å². The minimum atomic E-state index is 0.128. The average molecular weight is 469 g/mol. The van der Waals surface area contributed by atoms with Gasteiger partial charge in [0.15, 0.2) is 5.11 Å². The van der Waals surface area contributed by atoms with Gasteiger partial charge in [-0.1, -0.05) is 25.1 Å². The molecule has 0 radical (unpaired) electrons. The van der Waals surface area contributed by atoms with Gasteiger partial charge in [0.1, 0.15) is 0 Å². The highest BCUT2D eigenvalue weighted by Crippen LogP contribution is 2.31. The van der Waals surface area contributed by atoms with Crippen LogP contribution < -0.4 is 5.32 Å². The van der Waals surface area contributed by atoms with Gasteiger partial charge < -0.3 is 15.1 Å². The molecular weight excluding hydrogens is 436 g/mol. The van der Waals surface area contributed by atoms with Crippen LogP contribution in [0.1, 0.15) is 58.6 Å². The smallest absolute Gasteiger partial charge is 0.256 e. The summed E-state index contributed by atoms with van der Waals surface area (Å²) in [6.07, 6.45) is 2.86. The van der Waals surface area contributed by atoms with Crippen molar-refractivity contribution in [2.75, 3.05) is 36.6 Å². The number of pyridine rings is 1. The number of hydrogen-bond acceptors (Lipinski definition) is 4. The lowest BCUT2D eigenvalue weighted by molar-refractivity contribution is 0.0800. The zero-order chi connectivity index (χ0) is 22.7. The first-order chi connectivity index (χ1) is 15.5. The molecular formula is C25H32N4OS2. The Morgan fingerprint density at radius 1 is 1.16 bits per heavy atom. The van der Waals surface area contributed by atoms with Gasteiger partial charge in [-0.15, -0.1) is 11.8 Å². The van der Waals surface area contributed by atoms with Crippen LogP contribution in [0, 0.1) is 13.8 Å². The van der Waals surface area contributed by atoms with Crippen LogP contribution in [0.15, 0.2) is 30.3 Å². The molecule has 2 aliphatic heterocycles. The summed E-state index contributed by atoms with van der Waals surface area (Å²) in [5, 5.41) is 4.30. The number of nitrogens with zero attached hydrogens (tertiary/aromatic N) is 3. The van der Waals surface area contributed by atoms with Crippen LogP contribution >= 0.6 is 24.0 Å². The molecule has 1 aromatic heterocycles. The standard InChI is InChI=1S/C25H32N4OS2/c1-4-19-7-5-6-17(2)22(19)27-25(31)28-12-10-20(11-13-28)23-21(9-8-18(3)26-23)24(30)29-14-15-32-16-29/h5-9,20H,4,10-16H2,1-3H3,(H,27,31). The summed E-state index contributed by atoms with van der Waals surface area (Å²) >= 11 is 7.59. The molecule has 0 spiro atoms. The molecule has 0 aliphatic carbocycles. The Kier molecular flexibility index (Phi) is 7.36. The molecule has 0 bridgehead atoms. The quantitative estimate of drug-likeness (QED) is 0.639. The number of thioether (sulfide) groups is 1. The van der Waals surface area contributed by atoms with Gasteiger partial charge in [-0.05, 0) is 68.6 Å². The second-order valence-corrected chi connectivity index (χ2v) is 10.1. The number of benzene rings is 1. The van der Waals surface area contributed by atoms with Crippen molar-refractivity contribution in [3.63, 3.8) is 0 Å². The number of carbonyl (C=O) groups is 1. The van der Waals surface area contributed by atoms with E-state index in [9.17, 15) is 4.79 Å². The van der Waals surface area contributed by atoms with Crippen molar-refractivity contribution in [2.45, 2.75) is 46.0 Å². The Morgan fingerprint density at radius 3 is 2.62 bits per heavy atom. The number of hydrogen-bond donors (Lipinski definition) is 1. The summed E-state index contributed by atoms with van der Waals surface area (Å²) in [7, 11) is 0. The SMILES string of the molecule is CCc1cccc(C)c1NC(=S)N1CCC(c2nc(C)ccc2C(=O)N2CCSC2)CC1. The van der Waals surface area contributed by atoms with Gasteiger partial charge in [0.05, 0.1) is 17.1 Å². The van der Waals surface area contributed by atoms with Gasteiger partial charge in [0.25, 0.3) is 5.91 Å². The number of piperidine rings is 1. The molecule has 2 aliphatic rings. The molecule has 2 saturated heterocycles. The molecule has 4 rings (SSSR count). The van der Waals surface area contributed by atoms with Crippen LogP contribution in [0.5, 0.6) is 0 Å². The fourth-order valence-electron chi connectivity index (χ4n) is 4.56. The predicted octanol–water partition coefficient (Wildman–Crippen LogP) is 4.98. The molecule has 170 valence electrons. The molecule has 2 fully saturated rings. The third-order valence-corrected chi connectivity index (χ3v) is 7.80. The van der Waals surface area contributed by atoms with Crippen molar-refractivity contribution < 1.29 is 4.79 Å². The number of anilines is 1. The van der Waals surface area contributed by atoms with Crippen molar-refractivity contribution in [2.24, 2.45) is 0 Å². The van der Waals surface area contributed by atoms with Gasteiger partial charge in [0.2, 0.25) is 0 Å². The molecule has 32 heavy (non-hydrogen) atoms. The minimum absolute atomic E-state index is 0.128. The van der Waals surface area contributed by atoms with Gasteiger partial charge in [0, 0.05) is 42.7 Å². The zero-order valence-corrected chi connectivity index (χ0v) is 20.8. The Hall–Kier alpha value is -2.12. The van der Waals surface area contributed by atoms with E-state index < -0.39 is 0 Å². The first-order valence-electron chi connectivity index (χ1n) is 11.5. The second kappa shape index (κ2) is 10.2. The fourth-order valence-corrected chi connectivity index (χ4v) is 5.79. The Morgan fingerprint density at radius 2 is 1.94 bits per heavy atom. The Bertz CT molecular complexity index is 995. The van der Waals surface area contributed by atoms with Crippen LogP contribution in [0.4, 0.5) is 5.69 Å². The molecule has 1 amide bonds. The van der Waals surface area contributed by atoms with Gasteiger partial charge in [-0.2, -0.15) is 0 Å². The summed E-state index contributed by atoms with van der Waals surface area (Å²) in [5.41, 5.74) is 6.36. The molecule has 1 aromatic carbocycles. The molecule has 3 heterocycles. The maximum atomic E-state index is 13.1. The predicted molar refractivity (Wildman–Crippen MR) is 138 cm³/mol. The topological polar surface area (TPSA) is 48.5 Å². The fraction of sp³-hybridized carbons (Fsp3) is 0.480. The minimum Gasteiger partial charge on any atom is -0.349 e. The van der Waals surface area contributed by atoms with Crippen molar-refractivity contribution >= 4 is 40.7 Å². The number of carbonyl (C=O) groups excluding carboxylic acids is 1. The summed E-state index contributed by atoms with van der Waals surface area (Å²) in [6, 6.07) is 10.3. The lowest BCUT2D eigenvalue weighted by atomic mass is 9.90. The number of likely N-dealkylation sites (tertiary alicyclic amines) is 1. The molecule has 2 aromatic rings. The largest absolute Gasteiger partial charge is 0.349 e.